The number of fused-ring (bicyclic) bond motifs is 1. The van der Waals surface area contributed by atoms with E-state index in [4.69, 9.17) is 4.74 Å². The maximum Gasteiger partial charge on any atom is 0.342 e. The number of carbonyl (C=O) groups excluding carboxylic acids is 1. The topological polar surface area (TPSA) is 66.9 Å². The van der Waals surface area contributed by atoms with Crippen molar-refractivity contribution in [3.63, 3.8) is 0 Å². The number of carbonyl (C=O) groups is 1. The number of amides is 2. The van der Waals surface area contributed by atoms with Gasteiger partial charge in [-0.05, 0) is 24.3 Å². The molecule has 2 amide bonds. The summed E-state index contributed by atoms with van der Waals surface area (Å²) in [5, 5.41) is 0. The second-order valence-electron chi connectivity index (χ2n) is 4.78. The average molecular weight is 318 g/mol. The zero-order valence-electron chi connectivity index (χ0n) is 12.1. The number of sulfonamides is 1. The van der Waals surface area contributed by atoms with Crippen LogP contribution in [-0.2, 0) is 10.0 Å². The molecule has 0 radical (unpaired) electrons. The van der Waals surface area contributed by atoms with Crippen molar-refractivity contribution in [2.75, 3.05) is 23.4 Å². The Kier molecular flexibility index (Phi) is 3.29. The summed E-state index contributed by atoms with van der Waals surface area (Å²) in [4.78, 5) is 13.9. The minimum absolute atomic E-state index is 0.0971. The fourth-order valence-corrected chi connectivity index (χ4v) is 4.01. The quantitative estimate of drug-likeness (QED) is 0.853. The van der Waals surface area contributed by atoms with E-state index in [-0.39, 0.29) is 10.6 Å². The fourth-order valence-electron chi connectivity index (χ4n) is 2.38. The van der Waals surface area contributed by atoms with Gasteiger partial charge in [-0.2, -0.15) is 4.31 Å². The maximum atomic E-state index is 12.8. The van der Waals surface area contributed by atoms with Crippen molar-refractivity contribution in [3.05, 3.63) is 48.5 Å². The fraction of sp³-hybridized carbons (Fsp3) is 0.133. The number of hydrogen-bond acceptors (Lipinski definition) is 4. The zero-order valence-corrected chi connectivity index (χ0v) is 12.9. The van der Waals surface area contributed by atoms with Crippen LogP contribution in [0, 0.1) is 0 Å². The van der Waals surface area contributed by atoms with E-state index in [1.807, 2.05) is 0 Å². The number of nitrogens with zero attached hydrogens (tertiary/aromatic N) is 2. The highest BCUT2D eigenvalue weighted by Gasteiger charge is 2.40. The Morgan fingerprint density at radius 3 is 2.50 bits per heavy atom. The number of ether oxygens (including phenoxy) is 1. The smallest absolute Gasteiger partial charge is 0.342 e. The number of methoxy groups -OCH3 is 1. The van der Waals surface area contributed by atoms with Gasteiger partial charge in [0.1, 0.15) is 10.6 Å². The highest BCUT2D eigenvalue weighted by molar-refractivity contribution is 7.94. The van der Waals surface area contributed by atoms with Crippen molar-refractivity contribution in [1.82, 2.24) is 0 Å². The number of anilines is 2. The molecule has 0 unspecified atom stereocenters. The summed E-state index contributed by atoms with van der Waals surface area (Å²) in [6.45, 7) is 0. The second kappa shape index (κ2) is 5.03. The van der Waals surface area contributed by atoms with Crippen LogP contribution in [0.1, 0.15) is 0 Å². The van der Waals surface area contributed by atoms with E-state index in [2.05, 4.69) is 0 Å². The molecule has 6 nitrogen and oxygen atoms in total. The Hall–Kier alpha value is -2.54. The summed E-state index contributed by atoms with van der Waals surface area (Å²) < 4.78 is 31.5. The largest absolute Gasteiger partial charge is 0.497 e. The lowest BCUT2D eigenvalue weighted by Crippen LogP contribution is -2.49. The molecule has 0 N–H and O–H groups in total. The van der Waals surface area contributed by atoms with Gasteiger partial charge in [0.05, 0.1) is 18.5 Å². The summed E-state index contributed by atoms with van der Waals surface area (Å²) in [6, 6.07) is 12.2. The number of para-hydroxylation sites is 1. The van der Waals surface area contributed by atoms with Gasteiger partial charge in [0.25, 0.3) is 10.0 Å². The molecule has 2 aromatic carbocycles. The minimum Gasteiger partial charge on any atom is -0.497 e. The molecule has 1 heterocycles. The first-order valence-electron chi connectivity index (χ1n) is 6.53. The van der Waals surface area contributed by atoms with Crippen molar-refractivity contribution in [3.8, 4) is 5.75 Å². The number of urea groups is 1. The molecule has 0 spiro atoms. The summed E-state index contributed by atoms with van der Waals surface area (Å²) in [5.74, 6) is 0.474. The molecular weight excluding hydrogens is 304 g/mol. The molecule has 0 aromatic heterocycles. The summed E-state index contributed by atoms with van der Waals surface area (Å²) in [7, 11) is -0.933. The van der Waals surface area contributed by atoms with Gasteiger partial charge in [0, 0.05) is 13.1 Å². The van der Waals surface area contributed by atoms with Gasteiger partial charge in [0.2, 0.25) is 0 Å². The van der Waals surface area contributed by atoms with Crippen LogP contribution in [0.15, 0.2) is 53.4 Å². The SMILES string of the molecule is COc1cccc(N2C(=O)N(C)c3ccccc3S2(=O)=O)c1. The van der Waals surface area contributed by atoms with Crippen LogP contribution in [0.2, 0.25) is 0 Å². The monoisotopic (exact) mass is 318 g/mol. The molecule has 1 aliphatic heterocycles. The standard InChI is InChI=1S/C15H14N2O4S/c1-16-13-8-3-4-9-14(13)22(19,20)17(15(16)18)11-6-5-7-12(10-11)21-2/h3-10H,1-2H3. The molecule has 2 aromatic rings. The highest BCUT2D eigenvalue weighted by atomic mass is 32.2. The molecule has 1 aliphatic rings. The third-order valence-corrected chi connectivity index (χ3v) is 5.24. The van der Waals surface area contributed by atoms with Crippen molar-refractivity contribution in [1.29, 1.82) is 0 Å². The van der Waals surface area contributed by atoms with Gasteiger partial charge in [0.15, 0.2) is 0 Å². The van der Waals surface area contributed by atoms with Gasteiger partial charge in [-0.3, -0.25) is 4.90 Å². The van der Waals surface area contributed by atoms with Crippen LogP contribution in [0.25, 0.3) is 0 Å². The van der Waals surface area contributed by atoms with E-state index >= 15 is 0 Å². The third kappa shape index (κ3) is 2.01. The lowest BCUT2D eigenvalue weighted by atomic mass is 10.3. The van der Waals surface area contributed by atoms with Crippen molar-refractivity contribution in [2.24, 2.45) is 0 Å². The Morgan fingerprint density at radius 1 is 1.05 bits per heavy atom. The Morgan fingerprint density at radius 2 is 1.77 bits per heavy atom. The molecule has 0 bridgehead atoms. The molecular formula is C15H14N2O4S. The number of hydrogen-bond donors (Lipinski definition) is 0. The van der Waals surface area contributed by atoms with Gasteiger partial charge in [-0.15, -0.1) is 0 Å². The van der Waals surface area contributed by atoms with Gasteiger partial charge >= 0.3 is 6.03 Å². The molecule has 0 saturated carbocycles. The summed E-state index contributed by atoms with van der Waals surface area (Å²) >= 11 is 0. The van der Waals surface area contributed by atoms with Gasteiger partial charge in [-0.1, -0.05) is 18.2 Å². The predicted octanol–water partition coefficient (Wildman–Crippen LogP) is 2.46. The molecule has 0 fully saturated rings. The summed E-state index contributed by atoms with van der Waals surface area (Å²) in [5.41, 5.74) is 0.609. The van der Waals surface area contributed by atoms with E-state index in [1.54, 1.807) is 43.4 Å². The average Bonchev–Trinajstić information content (AvgIpc) is 2.53. The van der Waals surface area contributed by atoms with Crippen molar-refractivity contribution >= 4 is 27.4 Å². The van der Waals surface area contributed by atoms with E-state index in [9.17, 15) is 13.2 Å². The third-order valence-electron chi connectivity index (χ3n) is 3.49. The van der Waals surface area contributed by atoms with Crippen LogP contribution in [0.5, 0.6) is 5.75 Å². The Balaban J connectivity index is 2.22. The van der Waals surface area contributed by atoms with E-state index in [1.165, 1.54) is 24.1 Å². The zero-order chi connectivity index (χ0) is 15.9. The van der Waals surface area contributed by atoms with Crippen LogP contribution >= 0.6 is 0 Å². The lowest BCUT2D eigenvalue weighted by Gasteiger charge is -2.34. The maximum absolute atomic E-state index is 12.8. The number of benzene rings is 2. The van der Waals surface area contributed by atoms with Crippen molar-refractivity contribution in [2.45, 2.75) is 4.90 Å². The van der Waals surface area contributed by atoms with Gasteiger partial charge < -0.3 is 4.74 Å². The molecule has 22 heavy (non-hydrogen) atoms. The van der Waals surface area contributed by atoms with Crippen molar-refractivity contribution < 1.29 is 17.9 Å². The molecule has 3 rings (SSSR count). The minimum atomic E-state index is -3.96. The van der Waals surface area contributed by atoms with E-state index < -0.39 is 16.1 Å². The van der Waals surface area contributed by atoms with Crippen LogP contribution < -0.4 is 13.9 Å². The molecule has 0 aliphatic carbocycles. The highest BCUT2D eigenvalue weighted by Crippen LogP contribution is 2.36. The molecule has 114 valence electrons. The molecule has 0 atom stereocenters. The summed E-state index contributed by atoms with van der Waals surface area (Å²) in [6.07, 6.45) is 0. The van der Waals surface area contributed by atoms with Crippen LogP contribution in [0.4, 0.5) is 16.2 Å². The first kappa shape index (κ1) is 14.4. The normalized spacial score (nSPS) is 16.4. The lowest BCUT2D eigenvalue weighted by molar-refractivity contribution is 0.255. The van der Waals surface area contributed by atoms with E-state index in [0.717, 1.165) is 4.31 Å². The van der Waals surface area contributed by atoms with E-state index in [0.29, 0.717) is 11.4 Å². The molecule has 7 heteroatoms. The molecule has 0 saturated heterocycles. The number of rotatable bonds is 2. The Bertz CT molecular complexity index is 848. The first-order chi connectivity index (χ1) is 10.5. The van der Waals surface area contributed by atoms with Crippen LogP contribution in [0.3, 0.4) is 0 Å². The first-order valence-corrected chi connectivity index (χ1v) is 7.97. The van der Waals surface area contributed by atoms with Gasteiger partial charge in [-0.25, -0.2) is 13.2 Å². The van der Waals surface area contributed by atoms with Crippen LogP contribution in [-0.4, -0.2) is 28.6 Å². The predicted molar refractivity (Wildman–Crippen MR) is 82.9 cm³/mol. The second-order valence-corrected chi connectivity index (χ2v) is 6.54. The Labute approximate surface area is 128 Å².